The van der Waals surface area contributed by atoms with Gasteiger partial charge in [0.15, 0.2) is 0 Å². The Kier molecular flexibility index (Phi) is 5.58. The third-order valence-corrected chi connectivity index (χ3v) is 4.70. The Balaban J connectivity index is 2.10. The van der Waals surface area contributed by atoms with Crippen LogP contribution in [0.3, 0.4) is 0 Å². The molecule has 1 saturated carbocycles. The fourth-order valence-electron chi connectivity index (χ4n) is 2.96. The molecule has 0 spiro atoms. The molecular weight excluding hydrogens is 238 g/mol. The Labute approximate surface area is 116 Å². The molecule has 18 heavy (non-hydrogen) atoms. The summed E-state index contributed by atoms with van der Waals surface area (Å²) < 4.78 is 0. The Morgan fingerprint density at radius 1 is 1.22 bits per heavy atom. The van der Waals surface area contributed by atoms with Crippen molar-refractivity contribution < 1.29 is 0 Å². The first kappa shape index (κ1) is 14.0. The van der Waals surface area contributed by atoms with Crippen LogP contribution in [0, 0.1) is 5.92 Å². The van der Waals surface area contributed by atoms with Crippen LogP contribution in [0.1, 0.15) is 50.6 Å². The van der Waals surface area contributed by atoms with Gasteiger partial charge in [0.2, 0.25) is 0 Å². The van der Waals surface area contributed by atoms with Crippen molar-refractivity contribution in [3.63, 3.8) is 0 Å². The Morgan fingerprint density at radius 2 is 1.89 bits per heavy atom. The number of hydrogen-bond donors (Lipinski definition) is 1. The lowest BCUT2D eigenvalue weighted by Crippen LogP contribution is -2.27. The molecule has 1 N–H and O–H groups in total. The average Bonchev–Trinajstić information content (AvgIpc) is 2.94. The average molecular weight is 263 g/mol. The van der Waals surface area contributed by atoms with E-state index in [-0.39, 0.29) is 0 Å². The van der Waals surface area contributed by atoms with Gasteiger partial charge in [-0.25, -0.2) is 0 Å². The van der Waals surface area contributed by atoms with Gasteiger partial charge in [-0.2, -0.15) is 0 Å². The molecule has 1 fully saturated rings. The van der Waals surface area contributed by atoms with Crippen LogP contribution >= 0.6 is 11.8 Å². The van der Waals surface area contributed by atoms with Crippen LogP contribution in [0.5, 0.6) is 0 Å². The summed E-state index contributed by atoms with van der Waals surface area (Å²) in [6.07, 6.45) is 8.97. The van der Waals surface area contributed by atoms with E-state index in [9.17, 15) is 0 Å². The topological polar surface area (TPSA) is 12.0 Å². The lowest BCUT2D eigenvalue weighted by molar-refractivity contribution is 0.368. The van der Waals surface area contributed by atoms with E-state index in [4.69, 9.17) is 0 Å². The maximum absolute atomic E-state index is 3.76. The summed E-state index contributed by atoms with van der Waals surface area (Å²) in [6, 6.07) is 9.73. The molecule has 1 aliphatic carbocycles. The second kappa shape index (κ2) is 7.20. The molecular formula is C16H25NS. The predicted molar refractivity (Wildman–Crippen MR) is 81.2 cm³/mol. The fourth-order valence-corrected chi connectivity index (χ4v) is 3.37. The van der Waals surface area contributed by atoms with Crippen LogP contribution in [0.2, 0.25) is 0 Å². The number of hydrogen-bond acceptors (Lipinski definition) is 2. The minimum absolute atomic E-state index is 0.573. The van der Waals surface area contributed by atoms with Crippen molar-refractivity contribution in [3.05, 3.63) is 29.8 Å². The van der Waals surface area contributed by atoms with Gasteiger partial charge in [-0.15, -0.1) is 11.8 Å². The van der Waals surface area contributed by atoms with Crippen molar-refractivity contribution >= 4 is 11.8 Å². The van der Waals surface area contributed by atoms with Crippen LogP contribution in [-0.4, -0.2) is 12.8 Å². The first-order chi connectivity index (χ1) is 8.85. The molecule has 0 heterocycles. The summed E-state index contributed by atoms with van der Waals surface area (Å²) >= 11 is 1.82. The van der Waals surface area contributed by atoms with Gasteiger partial charge in [0.1, 0.15) is 0 Å². The molecule has 2 rings (SSSR count). The molecule has 1 aromatic carbocycles. The zero-order valence-corrected chi connectivity index (χ0v) is 12.4. The van der Waals surface area contributed by atoms with Crippen LogP contribution in [-0.2, 0) is 0 Å². The summed E-state index contributed by atoms with van der Waals surface area (Å²) in [7, 11) is 0. The first-order valence-electron chi connectivity index (χ1n) is 7.22. The van der Waals surface area contributed by atoms with E-state index in [0.717, 1.165) is 12.5 Å². The molecule has 1 aromatic rings. The molecule has 0 radical (unpaired) electrons. The lowest BCUT2D eigenvalue weighted by Gasteiger charge is -2.25. The summed E-state index contributed by atoms with van der Waals surface area (Å²) in [6.45, 7) is 3.38. The molecule has 1 atom stereocenters. The van der Waals surface area contributed by atoms with Crippen molar-refractivity contribution in [2.24, 2.45) is 5.92 Å². The third-order valence-electron chi connectivity index (χ3n) is 3.96. The molecule has 1 aliphatic rings. The van der Waals surface area contributed by atoms with E-state index < -0.39 is 0 Å². The van der Waals surface area contributed by atoms with Crippen molar-refractivity contribution in [2.75, 3.05) is 12.8 Å². The van der Waals surface area contributed by atoms with E-state index in [1.54, 1.807) is 0 Å². The molecule has 1 nitrogen and oxygen atoms in total. The summed E-state index contributed by atoms with van der Waals surface area (Å²) in [5.74, 6) is 0.844. The van der Waals surface area contributed by atoms with Crippen LogP contribution in [0.4, 0.5) is 0 Å². The number of thioether (sulfide) groups is 1. The molecule has 100 valence electrons. The van der Waals surface area contributed by atoms with Gasteiger partial charge >= 0.3 is 0 Å². The highest BCUT2D eigenvalue weighted by atomic mass is 32.2. The molecule has 1 unspecified atom stereocenters. The first-order valence-corrected chi connectivity index (χ1v) is 8.45. The minimum Gasteiger partial charge on any atom is -0.310 e. The smallest absolute Gasteiger partial charge is 0.0348 e. The highest BCUT2D eigenvalue weighted by molar-refractivity contribution is 7.98. The van der Waals surface area contributed by atoms with Gasteiger partial charge in [-0.3, -0.25) is 0 Å². The largest absolute Gasteiger partial charge is 0.310 e. The van der Waals surface area contributed by atoms with Crippen molar-refractivity contribution in [2.45, 2.75) is 50.0 Å². The molecule has 2 heteroatoms. The normalized spacial score (nSPS) is 18.1. The van der Waals surface area contributed by atoms with Crippen LogP contribution < -0.4 is 5.32 Å². The number of rotatable bonds is 6. The minimum atomic E-state index is 0.573. The third kappa shape index (κ3) is 3.52. The van der Waals surface area contributed by atoms with Crippen molar-refractivity contribution in [1.82, 2.24) is 5.32 Å². The van der Waals surface area contributed by atoms with Crippen molar-refractivity contribution in [1.29, 1.82) is 0 Å². The van der Waals surface area contributed by atoms with Crippen LogP contribution in [0.25, 0.3) is 0 Å². The Bertz CT molecular complexity index is 341. The van der Waals surface area contributed by atoms with E-state index >= 15 is 0 Å². The van der Waals surface area contributed by atoms with E-state index in [2.05, 4.69) is 42.8 Å². The lowest BCUT2D eigenvalue weighted by atomic mass is 9.91. The maximum atomic E-state index is 3.76. The zero-order chi connectivity index (χ0) is 12.8. The second-order valence-electron chi connectivity index (χ2n) is 5.25. The van der Waals surface area contributed by atoms with Crippen LogP contribution in [0.15, 0.2) is 29.2 Å². The van der Waals surface area contributed by atoms with E-state index in [1.165, 1.54) is 42.6 Å². The summed E-state index contributed by atoms with van der Waals surface area (Å²) in [4.78, 5) is 1.36. The molecule has 0 bridgehead atoms. The van der Waals surface area contributed by atoms with Gasteiger partial charge in [0, 0.05) is 10.9 Å². The van der Waals surface area contributed by atoms with Gasteiger partial charge in [-0.1, -0.05) is 31.9 Å². The van der Waals surface area contributed by atoms with E-state index in [1.807, 2.05) is 11.8 Å². The predicted octanol–water partition coefficient (Wildman–Crippen LogP) is 4.64. The summed E-state index contributed by atoms with van der Waals surface area (Å²) in [5.41, 5.74) is 1.48. The zero-order valence-electron chi connectivity index (χ0n) is 11.6. The van der Waals surface area contributed by atoms with Crippen molar-refractivity contribution in [3.8, 4) is 0 Å². The Hall–Kier alpha value is -0.470. The van der Waals surface area contributed by atoms with Gasteiger partial charge in [-0.05, 0) is 55.7 Å². The fraction of sp³-hybridized carbons (Fsp3) is 0.625. The van der Waals surface area contributed by atoms with Gasteiger partial charge < -0.3 is 5.32 Å². The molecule has 0 saturated heterocycles. The molecule has 0 aliphatic heterocycles. The monoisotopic (exact) mass is 263 g/mol. The molecule has 0 amide bonds. The Morgan fingerprint density at radius 3 is 2.44 bits per heavy atom. The van der Waals surface area contributed by atoms with Gasteiger partial charge in [0.25, 0.3) is 0 Å². The molecule has 0 aromatic heterocycles. The van der Waals surface area contributed by atoms with E-state index in [0.29, 0.717) is 6.04 Å². The second-order valence-corrected chi connectivity index (χ2v) is 6.13. The number of nitrogens with one attached hydrogen (secondary N) is 1. The SMILES string of the molecule is CCCNC(c1ccc(SC)cc1)C1CCCC1. The highest BCUT2D eigenvalue weighted by Crippen LogP contribution is 2.36. The maximum Gasteiger partial charge on any atom is 0.0348 e. The van der Waals surface area contributed by atoms with Gasteiger partial charge in [0.05, 0.1) is 0 Å². The quantitative estimate of drug-likeness (QED) is 0.750. The number of benzene rings is 1. The highest BCUT2D eigenvalue weighted by Gasteiger charge is 2.25. The summed E-state index contributed by atoms with van der Waals surface area (Å²) in [5, 5.41) is 3.76. The standard InChI is InChI=1S/C16H25NS/c1-3-12-17-16(13-6-4-5-7-13)14-8-10-15(18-2)11-9-14/h8-11,13,16-17H,3-7,12H2,1-2H3.